The maximum atomic E-state index is 10.4. The Morgan fingerprint density at radius 1 is 1.88 bits per heavy atom. The average molecular weight is 131 g/mol. The third-order valence-corrected chi connectivity index (χ3v) is 0.747. The molecule has 0 aromatic heterocycles. The Hall–Kier alpha value is -0.613. The maximum Gasteiger partial charge on any atom is 0.351 e. The molecule has 0 aliphatic heterocycles. The molecule has 3 nitrogen and oxygen atoms in total. The molecule has 0 aromatic rings. The summed E-state index contributed by atoms with van der Waals surface area (Å²) in [7, 11) is 0.649. The van der Waals surface area contributed by atoms with Crippen LogP contribution in [-0.4, -0.2) is 16.4 Å². The van der Waals surface area contributed by atoms with E-state index < -0.39 is 0 Å². The zero-order chi connectivity index (χ0) is 6.57. The standard InChI is InChI=1S/C4H9NO2Si/c1-3(2)4(6)7-5-8/h5H,1H2,2,8H3. The van der Waals surface area contributed by atoms with Crippen molar-refractivity contribution < 1.29 is 9.63 Å². The van der Waals surface area contributed by atoms with Crippen molar-refractivity contribution in [3.8, 4) is 0 Å². The summed E-state index contributed by atoms with van der Waals surface area (Å²) in [5, 5.41) is 2.38. The minimum Gasteiger partial charge on any atom is -0.376 e. The van der Waals surface area contributed by atoms with Crippen LogP contribution in [0.5, 0.6) is 0 Å². The fraction of sp³-hybridized carbons (Fsp3) is 0.250. The lowest BCUT2D eigenvalue weighted by molar-refractivity contribution is -0.142. The Morgan fingerprint density at radius 2 is 2.38 bits per heavy atom. The van der Waals surface area contributed by atoms with Crippen LogP contribution in [0.3, 0.4) is 0 Å². The Labute approximate surface area is 51.2 Å². The van der Waals surface area contributed by atoms with Crippen molar-refractivity contribution in [3.63, 3.8) is 0 Å². The Kier molecular flexibility index (Phi) is 3.14. The first-order valence-electron chi connectivity index (χ1n) is 2.22. The van der Waals surface area contributed by atoms with Crippen LogP contribution in [0.25, 0.3) is 0 Å². The number of nitrogens with one attached hydrogen (secondary N) is 1. The van der Waals surface area contributed by atoms with Gasteiger partial charge in [-0.3, -0.25) is 0 Å². The van der Waals surface area contributed by atoms with Gasteiger partial charge in [0.05, 0.1) is 0 Å². The highest BCUT2D eigenvalue weighted by molar-refractivity contribution is 6.04. The smallest absolute Gasteiger partial charge is 0.351 e. The summed E-state index contributed by atoms with van der Waals surface area (Å²) in [4.78, 5) is 14.8. The van der Waals surface area contributed by atoms with Gasteiger partial charge in [0, 0.05) is 5.57 Å². The summed E-state index contributed by atoms with van der Waals surface area (Å²) in [6.07, 6.45) is 0. The fourth-order valence-electron chi connectivity index (χ4n) is 0.180. The van der Waals surface area contributed by atoms with E-state index in [0.29, 0.717) is 16.0 Å². The van der Waals surface area contributed by atoms with Crippen LogP contribution in [0.15, 0.2) is 12.2 Å². The number of hydrogen-bond acceptors (Lipinski definition) is 3. The predicted molar refractivity (Wildman–Crippen MR) is 34.0 cm³/mol. The Morgan fingerprint density at radius 3 is 2.50 bits per heavy atom. The first-order valence-corrected chi connectivity index (χ1v) is 3.22. The third kappa shape index (κ3) is 2.54. The van der Waals surface area contributed by atoms with E-state index in [0.717, 1.165) is 0 Å². The lowest BCUT2D eigenvalue weighted by Crippen LogP contribution is -2.16. The Balaban J connectivity index is 3.49. The van der Waals surface area contributed by atoms with Gasteiger partial charge in [0.1, 0.15) is 10.4 Å². The topological polar surface area (TPSA) is 38.3 Å². The molecule has 0 heterocycles. The third-order valence-electron chi connectivity index (χ3n) is 0.543. The lowest BCUT2D eigenvalue weighted by Gasteiger charge is -1.97. The molecule has 1 N–H and O–H groups in total. The van der Waals surface area contributed by atoms with Crippen molar-refractivity contribution in [2.45, 2.75) is 6.92 Å². The summed E-state index contributed by atoms with van der Waals surface area (Å²) in [5.41, 5.74) is 0.411. The van der Waals surface area contributed by atoms with Gasteiger partial charge in [0.2, 0.25) is 0 Å². The van der Waals surface area contributed by atoms with Crippen molar-refractivity contribution in [1.82, 2.24) is 5.15 Å². The molecule has 0 spiro atoms. The van der Waals surface area contributed by atoms with Crippen LogP contribution in [0.1, 0.15) is 6.92 Å². The van der Waals surface area contributed by atoms with E-state index in [9.17, 15) is 4.79 Å². The first-order chi connectivity index (χ1) is 3.68. The van der Waals surface area contributed by atoms with Gasteiger partial charge in [-0.25, -0.2) is 4.79 Å². The Bertz CT molecular complexity index is 113. The van der Waals surface area contributed by atoms with Gasteiger partial charge in [0.15, 0.2) is 0 Å². The molecule has 0 aromatic carbocycles. The van der Waals surface area contributed by atoms with Gasteiger partial charge < -0.3 is 4.84 Å². The van der Waals surface area contributed by atoms with Crippen LogP contribution in [0.2, 0.25) is 0 Å². The normalized spacial score (nSPS) is 8.62. The zero-order valence-corrected chi connectivity index (χ0v) is 7.02. The summed E-state index contributed by atoms with van der Waals surface area (Å²) < 4.78 is 0. The zero-order valence-electron chi connectivity index (χ0n) is 5.02. The quantitative estimate of drug-likeness (QED) is 0.293. The minimum absolute atomic E-state index is 0.389. The molecule has 0 amide bonds. The van der Waals surface area contributed by atoms with Crippen molar-refractivity contribution in [2.75, 3.05) is 0 Å². The molecular weight excluding hydrogens is 122 g/mol. The fourth-order valence-corrected chi connectivity index (χ4v) is 0.365. The number of carbonyl (C=O) groups is 1. The second kappa shape index (κ2) is 3.40. The molecular formula is C4H9NO2Si. The molecule has 0 saturated carbocycles. The summed E-state index contributed by atoms with van der Waals surface area (Å²) in [6, 6.07) is 0. The van der Waals surface area contributed by atoms with Gasteiger partial charge in [0.25, 0.3) is 0 Å². The predicted octanol–water partition coefficient (Wildman–Crippen LogP) is -1.11. The maximum absolute atomic E-state index is 10.4. The second-order valence-electron chi connectivity index (χ2n) is 1.37. The van der Waals surface area contributed by atoms with Crippen molar-refractivity contribution in [3.05, 3.63) is 12.2 Å². The highest BCUT2D eigenvalue weighted by Gasteiger charge is 1.98. The lowest BCUT2D eigenvalue weighted by atomic mass is 10.4. The summed E-state index contributed by atoms with van der Waals surface area (Å²) >= 11 is 0. The van der Waals surface area contributed by atoms with E-state index in [4.69, 9.17) is 0 Å². The van der Waals surface area contributed by atoms with Crippen LogP contribution in [0, 0.1) is 0 Å². The molecule has 0 radical (unpaired) electrons. The van der Waals surface area contributed by atoms with Gasteiger partial charge >= 0.3 is 5.97 Å². The molecule has 46 valence electrons. The van der Waals surface area contributed by atoms with E-state index in [1.807, 2.05) is 0 Å². The molecule has 4 heteroatoms. The van der Waals surface area contributed by atoms with Crippen molar-refractivity contribution in [1.29, 1.82) is 0 Å². The minimum atomic E-state index is -0.389. The first kappa shape index (κ1) is 7.39. The largest absolute Gasteiger partial charge is 0.376 e. The highest BCUT2D eigenvalue weighted by Crippen LogP contribution is 1.86. The summed E-state index contributed by atoms with van der Waals surface area (Å²) in [6.45, 7) is 4.97. The second-order valence-corrected chi connectivity index (χ2v) is 1.78. The average Bonchev–Trinajstić information content (AvgIpc) is 1.67. The molecule has 0 unspecified atom stereocenters. The van der Waals surface area contributed by atoms with Gasteiger partial charge in [-0.15, -0.1) is 0 Å². The highest BCUT2D eigenvalue weighted by atomic mass is 28.2. The molecule has 0 bridgehead atoms. The van der Waals surface area contributed by atoms with E-state index in [1.165, 1.54) is 0 Å². The molecule has 0 aliphatic rings. The van der Waals surface area contributed by atoms with Crippen LogP contribution in [-0.2, 0) is 9.63 Å². The van der Waals surface area contributed by atoms with Crippen LogP contribution in [0.4, 0.5) is 0 Å². The van der Waals surface area contributed by atoms with Gasteiger partial charge in [-0.05, 0) is 6.92 Å². The van der Waals surface area contributed by atoms with Crippen LogP contribution < -0.4 is 5.15 Å². The van der Waals surface area contributed by atoms with Crippen molar-refractivity contribution >= 4 is 16.4 Å². The number of hydrogen-bond donors (Lipinski definition) is 1. The van der Waals surface area contributed by atoms with Crippen LogP contribution >= 0.6 is 0 Å². The van der Waals surface area contributed by atoms with E-state index in [1.54, 1.807) is 6.92 Å². The molecule has 0 fully saturated rings. The van der Waals surface area contributed by atoms with Crippen molar-refractivity contribution in [2.24, 2.45) is 0 Å². The SMILES string of the molecule is C=C(C)C(=O)ON[SiH3]. The van der Waals surface area contributed by atoms with E-state index in [2.05, 4.69) is 16.6 Å². The molecule has 8 heavy (non-hydrogen) atoms. The molecule has 0 atom stereocenters. The molecule has 0 aliphatic carbocycles. The summed E-state index contributed by atoms with van der Waals surface area (Å²) in [5.74, 6) is -0.389. The van der Waals surface area contributed by atoms with Gasteiger partial charge in [-0.1, -0.05) is 6.58 Å². The van der Waals surface area contributed by atoms with Gasteiger partial charge in [-0.2, -0.15) is 5.15 Å². The van der Waals surface area contributed by atoms with E-state index >= 15 is 0 Å². The monoisotopic (exact) mass is 131 g/mol. The number of rotatable bonds is 2. The molecule has 0 saturated heterocycles. The van der Waals surface area contributed by atoms with E-state index in [-0.39, 0.29) is 5.97 Å². The molecule has 0 rings (SSSR count). The number of carbonyl (C=O) groups excluding carboxylic acids is 1.